The summed E-state index contributed by atoms with van der Waals surface area (Å²) in [6, 6.07) is 7.60. The van der Waals surface area contributed by atoms with Crippen LogP contribution in [0.4, 0.5) is 5.13 Å². The number of nitrogen functional groups attached to an aromatic ring is 1. The van der Waals surface area contributed by atoms with Crippen molar-refractivity contribution in [1.82, 2.24) is 14.8 Å². The summed E-state index contributed by atoms with van der Waals surface area (Å²) in [5, 5.41) is 1.32. The van der Waals surface area contributed by atoms with E-state index < -0.39 is 0 Å². The molecule has 0 atom stereocenters. The molecule has 1 aliphatic rings. The predicted octanol–water partition coefficient (Wildman–Crippen LogP) is 2.58. The lowest BCUT2D eigenvalue weighted by Crippen LogP contribution is -2.46. The van der Waals surface area contributed by atoms with Crippen molar-refractivity contribution >= 4 is 28.1 Å². The van der Waals surface area contributed by atoms with Crippen LogP contribution in [0.1, 0.15) is 4.88 Å². The molecule has 1 saturated heterocycles. The molecule has 0 amide bonds. The maximum atomic E-state index is 6.09. The van der Waals surface area contributed by atoms with Crippen LogP contribution in [0.15, 0.2) is 30.5 Å². The van der Waals surface area contributed by atoms with Gasteiger partial charge in [-0.25, -0.2) is 4.98 Å². The highest BCUT2D eigenvalue weighted by molar-refractivity contribution is 7.15. The van der Waals surface area contributed by atoms with Gasteiger partial charge in [0.2, 0.25) is 0 Å². The van der Waals surface area contributed by atoms with Gasteiger partial charge in [-0.2, -0.15) is 0 Å². The summed E-state index contributed by atoms with van der Waals surface area (Å²) in [5.41, 5.74) is 5.68. The van der Waals surface area contributed by atoms with Gasteiger partial charge in [0.05, 0.1) is 5.02 Å². The van der Waals surface area contributed by atoms with E-state index in [1.165, 1.54) is 4.88 Å². The molecule has 0 bridgehead atoms. The summed E-state index contributed by atoms with van der Waals surface area (Å²) < 4.78 is 5.76. The quantitative estimate of drug-likeness (QED) is 0.866. The molecule has 1 fully saturated rings. The van der Waals surface area contributed by atoms with E-state index in [1.807, 2.05) is 30.5 Å². The van der Waals surface area contributed by atoms with Crippen LogP contribution >= 0.6 is 22.9 Å². The normalized spacial score (nSPS) is 16.6. The van der Waals surface area contributed by atoms with Gasteiger partial charge in [-0.15, -0.1) is 11.3 Å². The van der Waals surface area contributed by atoms with Crippen LogP contribution in [0.25, 0.3) is 0 Å². The average Bonchev–Trinajstić information content (AvgIpc) is 2.96. The lowest BCUT2D eigenvalue weighted by atomic mass is 10.3. The minimum absolute atomic E-state index is 0.648. The van der Waals surface area contributed by atoms with Crippen LogP contribution in [0, 0.1) is 0 Å². The number of halogens is 1. The highest BCUT2D eigenvalue weighted by atomic mass is 35.5. The third-order valence-corrected chi connectivity index (χ3v) is 5.04. The number of ether oxygens (including phenoxy) is 1. The highest BCUT2D eigenvalue weighted by Gasteiger charge is 2.17. The smallest absolute Gasteiger partial charge is 0.180 e. The first-order chi connectivity index (χ1) is 11.2. The van der Waals surface area contributed by atoms with Gasteiger partial charge in [0, 0.05) is 50.3 Å². The summed E-state index contributed by atoms with van der Waals surface area (Å²) in [6.07, 6.45) is 1.88. The Kier molecular flexibility index (Phi) is 5.72. The zero-order valence-corrected chi connectivity index (χ0v) is 14.5. The van der Waals surface area contributed by atoms with Gasteiger partial charge < -0.3 is 10.5 Å². The molecule has 1 aromatic heterocycles. The first kappa shape index (κ1) is 16.5. The number of para-hydroxylation sites is 1. The Morgan fingerprint density at radius 3 is 2.61 bits per heavy atom. The maximum Gasteiger partial charge on any atom is 0.180 e. The molecule has 5 nitrogen and oxygen atoms in total. The molecular weight excluding hydrogens is 332 g/mol. The molecule has 2 aromatic rings. The summed E-state index contributed by atoms with van der Waals surface area (Å²) in [7, 11) is 0. The van der Waals surface area contributed by atoms with Gasteiger partial charge in [0.15, 0.2) is 5.13 Å². The Hall–Kier alpha value is -1.34. The predicted molar refractivity (Wildman–Crippen MR) is 95.2 cm³/mol. The minimum Gasteiger partial charge on any atom is -0.491 e. The number of nitrogens with zero attached hydrogens (tertiary/aromatic N) is 3. The van der Waals surface area contributed by atoms with Gasteiger partial charge in [0.1, 0.15) is 12.4 Å². The fourth-order valence-electron chi connectivity index (χ4n) is 2.63. The Morgan fingerprint density at radius 1 is 1.17 bits per heavy atom. The number of thiazole rings is 1. The van der Waals surface area contributed by atoms with Gasteiger partial charge in [-0.1, -0.05) is 23.7 Å². The second-order valence-electron chi connectivity index (χ2n) is 5.56. The number of benzene rings is 1. The Bertz CT molecular complexity index is 628. The van der Waals surface area contributed by atoms with Crippen molar-refractivity contribution in [2.75, 3.05) is 45.1 Å². The molecule has 3 rings (SSSR count). The molecule has 0 unspecified atom stereocenters. The topological polar surface area (TPSA) is 54.6 Å². The lowest BCUT2D eigenvalue weighted by molar-refractivity contribution is 0.113. The van der Waals surface area contributed by atoms with E-state index in [4.69, 9.17) is 22.1 Å². The number of nitrogens with two attached hydrogens (primary N) is 1. The Balaban J connectivity index is 1.37. The SMILES string of the molecule is Nc1ncc(CN2CCN(CCOc3ccccc3Cl)CC2)s1. The number of rotatable bonds is 6. The summed E-state index contributed by atoms with van der Waals surface area (Å²) in [5.74, 6) is 0.760. The van der Waals surface area contributed by atoms with Crippen molar-refractivity contribution in [3.63, 3.8) is 0 Å². The van der Waals surface area contributed by atoms with Crippen LogP contribution in [0.3, 0.4) is 0 Å². The molecule has 7 heteroatoms. The van der Waals surface area contributed by atoms with Crippen LogP contribution in [-0.4, -0.2) is 54.1 Å². The van der Waals surface area contributed by atoms with Crippen LogP contribution < -0.4 is 10.5 Å². The van der Waals surface area contributed by atoms with E-state index in [-0.39, 0.29) is 0 Å². The molecule has 1 aliphatic heterocycles. The fourth-order valence-corrected chi connectivity index (χ4v) is 3.55. The van der Waals surface area contributed by atoms with E-state index in [9.17, 15) is 0 Å². The van der Waals surface area contributed by atoms with Crippen LogP contribution in [0.2, 0.25) is 5.02 Å². The van der Waals surface area contributed by atoms with E-state index in [2.05, 4.69) is 14.8 Å². The van der Waals surface area contributed by atoms with Crippen molar-refractivity contribution < 1.29 is 4.74 Å². The van der Waals surface area contributed by atoms with Crippen molar-refractivity contribution in [3.8, 4) is 5.75 Å². The second kappa shape index (κ2) is 7.97. The van der Waals surface area contributed by atoms with Gasteiger partial charge in [-0.3, -0.25) is 9.80 Å². The minimum atomic E-state index is 0.648. The van der Waals surface area contributed by atoms with Crippen molar-refractivity contribution in [2.45, 2.75) is 6.54 Å². The van der Waals surface area contributed by atoms with Crippen molar-refractivity contribution in [3.05, 3.63) is 40.4 Å². The van der Waals surface area contributed by atoms with Gasteiger partial charge >= 0.3 is 0 Å². The fraction of sp³-hybridized carbons (Fsp3) is 0.438. The molecule has 1 aromatic carbocycles. The maximum absolute atomic E-state index is 6.09. The molecule has 23 heavy (non-hydrogen) atoms. The zero-order valence-electron chi connectivity index (χ0n) is 12.9. The molecule has 124 valence electrons. The third-order valence-electron chi connectivity index (χ3n) is 3.92. The molecule has 0 saturated carbocycles. The number of hydrogen-bond acceptors (Lipinski definition) is 6. The Labute approximate surface area is 145 Å². The zero-order chi connectivity index (χ0) is 16.1. The van der Waals surface area contributed by atoms with Crippen LogP contribution in [-0.2, 0) is 6.54 Å². The number of anilines is 1. The molecule has 0 radical (unpaired) electrons. The van der Waals surface area contributed by atoms with Gasteiger partial charge in [-0.05, 0) is 12.1 Å². The van der Waals surface area contributed by atoms with Crippen molar-refractivity contribution in [2.24, 2.45) is 0 Å². The van der Waals surface area contributed by atoms with Gasteiger partial charge in [0.25, 0.3) is 0 Å². The first-order valence-electron chi connectivity index (χ1n) is 7.73. The largest absolute Gasteiger partial charge is 0.491 e. The molecule has 0 spiro atoms. The monoisotopic (exact) mass is 352 g/mol. The number of hydrogen-bond donors (Lipinski definition) is 1. The average molecular weight is 353 g/mol. The van der Waals surface area contributed by atoms with E-state index in [1.54, 1.807) is 11.3 Å². The number of aromatic nitrogens is 1. The van der Waals surface area contributed by atoms with E-state index in [0.717, 1.165) is 45.0 Å². The molecule has 2 heterocycles. The highest BCUT2D eigenvalue weighted by Crippen LogP contribution is 2.23. The summed E-state index contributed by atoms with van der Waals surface area (Å²) in [6.45, 7) is 6.76. The molecule has 0 aliphatic carbocycles. The summed E-state index contributed by atoms with van der Waals surface area (Å²) >= 11 is 7.66. The summed E-state index contributed by atoms with van der Waals surface area (Å²) in [4.78, 5) is 10.2. The van der Waals surface area contributed by atoms with E-state index in [0.29, 0.717) is 16.8 Å². The standard InChI is InChI=1S/C16H21ClN4OS/c17-14-3-1-2-4-15(14)22-10-9-20-5-7-21(8-6-20)12-13-11-19-16(18)23-13/h1-4,11H,5-10,12H2,(H2,18,19). The van der Waals surface area contributed by atoms with Crippen LogP contribution in [0.5, 0.6) is 5.75 Å². The Morgan fingerprint density at radius 2 is 1.91 bits per heavy atom. The number of piperazine rings is 1. The van der Waals surface area contributed by atoms with E-state index >= 15 is 0 Å². The first-order valence-corrected chi connectivity index (χ1v) is 8.92. The second-order valence-corrected chi connectivity index (χ2v) is 7.12. The molecule has 2 N–H and O–H groups in total. The lowest BCUT2D eigenvalue weighted by Gasteiger charge is -2.34. The third kappa shape index (κ3) is 4.81. The van der Waals surface area contributed by atoms with Crippen molar-refractivity contribution in [1.29, 1.82) is 0 Å². The molecular formula is C16H21ClN4OS.